The van der Waals surface area contributed by atoms with Crippen molar-refractivity contribution in [2.45, 2.75) is 6.42 Å². The smallest absolute Gasteiger partial charge is 0.225 e. The van der Waals surface area contributed by atoms with Crippen LogP contribution in [0.4, 0.5) is 10.1 Å². The van der Waals surface area contributed by atoms with Crippen LogP contribution >= 0.6 is 0 Å². The highest BCUT2D eigenvalue weighted by Gasteiger charge is 2.04. The van der Waals surface area contributed by atoms with Crippen LogP contribution in [0.3, 0.4) is 0 Å². The molecule has 0 saturated carbocycles. The van der Waals surface area contributed by atoms with Gasteiger partial charge in [-0.25, -0.2) is 4.39 Å². The number of phenolic OH excluding ortho intramolecular Hbond substituents is 1. The van der Waals surface area contributed by atoms with Gasteiger partial charge in [-0.1, -0.05) is 0 Å². The topological polar surface area (TPSA) is 61.4 Å². The van der Waals surface area contributed by atoms with E-state index in [4.69, 9.17) is 5.11 Å². The number of benzene rings is 1. The standard InChI is InChI=1S/C10H13FN2O2/c1-12-5-4-10(15)13-7-2-3-9(14)8(11)6-7/h2-3,6,12,14H,4-5H2,1H3,(H,13,15). The first-order chi connectivity index (χ1) is 7.13. The number of carbonyl (C=O) groups excluding carboxylic acids is 1. The number of phenols is 1. The molecule has 0 fully saturated rings. The molecular formula is C10H13FN2O2. The van der Waals surface area contributed by atoms with E-state index >= 15 is 0 Å². The average Bonchev–Trinajstić information content (AvgIpc) is 2.20. The third-order valence-electron chi connectivity index (χ3n) is 1.83. The molecule has 82 valence electrons. The molecule has 1 aromatic rings. The number of anilines is 1. The minimum Gasteiger partial charge on any atom is -0.505 e. The van der Waals surface area contributed by atoms with Crippen LogP contribution in [0.2, 0.25) is 0 Å². The van der Waals surface area contributed by atoms with Crippen LogP contribution in [0.5, 0.6) is 5.75 Å². The van der Waals surface area contributed by atoms with Crippen molar-refractivity contribution in [2.75, 3.05) is 18.9 Å². The monoisotopic (exact) mass is 212 g/mol. The van der Waals surface area contributed by atoms with Gasteiger partial charge in [0.15, 0.2) is 11.6 Å². The number of nitrogens with one attached hydrogen (secondary N) is 2. The quantitative estimate of drug-likeness (QED) is 0.654. The highest BCUT2D eigenvalue weighted by Crippen LogP contribution is 2.19. The first kappa shape index (κ1) is 11.5. The highest BCUT2D eigenvalue weighted by molar-refractivity contribution is 5.90. The predicted molar refractivity (Wildman–Crippen MR) is 55.2 cm³/mol. The third kappa shape index (κ3) is 3.55. The van der Waals surface area contributed by atoms with Gasteiger partial charge in [0.05, 0.1) is 0 Å². The third-order valence-corrected chi connectivity index (χ3v) is 1.83. The maximum Gasteiger partial charge on any atom is 0.225 e. The van der Waals surface area contributed by atoms with Gasteiger partial charge in [-0.05, 0) is 19.2 Å². The maximum absolute atomic E-state index is 12.9. The van der Waals surface area contributed by atoms with E-state index in [1.165, 1.54) is 12.1 Å². The SMILES string of the molecule is CNCCC(=O)Nc1ccc(O)c(F)c1. The van der Waals surface area contributed by atoms with Crippen molar-refractivity contribution in [1.29, 1.82) is 0 Å². The van der Waals surface area contributed by atoms with Crippen LogP contribution < -0.4 is 10.6 Å². The van der Waals surface area contributed by atoms with Gasteiger partial charge in [-0.2, -0.15) is 0 Å². The molecule has 0 saturated heterocycles. The summed E-state index contributed by atoms with van der Waals surface area (Å²) >= 11 is 0. The lowest BCUT2D eigenvalue weighted by atomic mass is 10.3. The first-order valence-corrected chi connectivity index (χ1v) is 4.56. The van der Waals surface area contributed by atoms with E-state index in [1.54, 1.807) is 7.05 Å². The van der Waals surface area contributed by atoms with E-state index in [0.717, 1.165) is 6.07 Å². The zero-order valence-corrected chi connectivity index (χ0v) is 8.38. The molecule has 0 aliphatic carbocycles. The number of aromatic hydroxyl groups is 1. The second-order valence-electron chi connectivity index (χ2n) is 3.07. The Bertz CT molecular complexity index is 355. The fraction of sp³-hybridized carbons (Fsp3) is 0.300. The molecule has 1 aromatic carbocycles. The molecule has 5 heteroatoms. The fourth-order valence-corrected chi connectivity index (χ4v) is 1.05. The van der Waals surface area contributed by atoms with Gasteiger partial charge < -0.3 is 15.7 Å². The normalized spacial score (nSPS) is 10.0. The van der Waals surface area contributed by atoms with Crippen LogP contribution in [0.1, 0.15) is 6.42 Å². The lowest BCUT2D eigenvalue weighted by Crippen LogP contribution is -2.18. The largest absolute Gasteiger partial charge is 0.505 e. The van der Waals surface area contributed by atoms with Crippen molar-refractivity contribution in [2.24, 2.45) is 0 Å². The van der Waals surface area contributed by atoms with Crippen LogP contribution in [0, 0.1) is 5.82 Å². The summed E-state index contributed by atoms with van der Waals surface area (Å²) in [6.07, 6.45) is 0.318. The summed E-state index contributed by atoms with van der Waals surface area (Å²) in [7, 11) is 1.74. The van der Waals surface area contributed by atoms with E-state index in [1.807, 2.05) is 0 Å². The van der Waals surface area contributed by atoms with Gasteiger partial charge >= 0.3 is 0 Å². The van der Waals surface area contributed by atoms with Gasteiger partial charge in [-0.15, -0.1) is 0 Å². The number of rotatable bonds is 4. The summed E-state index contributed by atoms with van der Waals surface area (Å²) in [5.74, 6) is -1.38. The Morgan fingerprint density at radius 1 is 1.53 bits per heavy atom. The minimum atomic E-state index is -0.749. The summed E-state index contributed by atoms with van der Waals surface area (Å²) < 4.78 is 12.9. The predicted octanol–water partition coefficient (Wildman–Crippen LogP) is 1.08. The summed E-state index contributed by atoms with van der Waals surface area (Å²) in [6, 6.07) is 3.71. The summed E-state index contributed by atoms with van der Waals surface area (Å²) in [4.78, 5) is 11.2. The zero-order valence-electron chi connectivity index (χ0n) is 8.38. The molecule has 4 nitrogen and oxygen atoms in total. The van der Waals surface area contributed by atoms with Crippen molar-refractivity contribution in [3.8, 4) is 5.75 Å². The molecule has 0 atom stereocenters. The van der Waals surface area contributed by atoms with Crippen molar-refractivity contribution in [3.05, 3.63) is 24.0 Å². The van der Waals surface area contributed by atoms with Gasteiger partial charge in [0.25, 0.3) is 0 Å². The van der Waals surface area contributed by atoms with E-state index in [2.05, 4.69) is 10.6 Å². The van der Waals surface area contributed by atoms with Crippen LogP contribution in [0.25, 0.3) is 0 Å². The molecule has 0 aliphatic heterocycles. The molecule has 15 heavy (non-hydrogen) atoms. The Labute approximate surface area is 87.1 Å². The molecule has 1 amide bonds. The van der Waals surface area contributed by atoms with Gasteiger partial charge in [0, 0.05) is 24.7 Å². The van der Waals surface area contributed by atoms with E-state index < -0.39 is 11.6 Å². The molecule has 0 aliphatic rings. The van der Waals surface area contributed by atoms with Crippen molar-refractivity contribution >= 4 is 11.6 Å². The van der Waals surface area contributed by atoms with E-state index in [-0.39, 0.29) is 5.91 Å². The first-order valence-electron chi connectivity index (χ1n) is 4.56. The molecule has 0 unspecified atom stereocenters. The Kier molecular flexibility index (Phi) is 4.05. The molecule has 3 N–H and O–H groups in total. The lowest BCUT2D eigenvalue weighted by molar-refractivity contribution is -0.116. The maximum atomic E-state index is 12.9. The Morgan fingerprint density at radius 2 is 2.27 bits per heavy atom. The van der Waals surface area contributed by atoms with Gasteiger partial charge in [0.2, 0.25) is 5.91 Å². The van der Waals surface area contributed by atoms with Crippen molar-refractivity contribution < 1.29 is 14.3 Å². The molecule has 0 heterocycles. The van der Waals surface area contributed by atoms with Crippen LogP contribution in [-0.4, -0.2) is 24.6 Å². The van der Waals surface area contributed by atoms with E-state index in [9.17, 15) is 9.18 Å². The molecule has 0 radical (unpaired) electrons. The second kappa shape index (κ2) is 5.31. The van der Waals surface area contributed by atoms with Crippen LogP contribution in [-0.2, 0) is 4.79 Å². The summed E-state index contributed by atoms with van der Waals surface area (Å²) in [6.45, 7) is 0.562. The summed E-state index contributed by atoms with van der Waals surface area (Å²) in [5, 5.41) is 14.3. The van der Waals surface area contributed by atoms with Gasteiger partial charge in [0.1, 0.15) is 0 Å². The van der Waals surface area contributed by atoms with Gasteiger partial charge in [-0.3, -0.25) is 4.79 Å². The molecule has 1 rings (SSSR count). The zero-order chi connectivity index (χ0) is 11.3. The number of halogens is 1. The summed E-state index contributed by atoms with van der Waals surface area (Å²) in [5.41, 5.74) is 0.339. The minimum absolute atomic E-state index is 0.200. The number of hydrogen-bond donors (Lipinski definition) is 3. The van der Waals surface area contributed by atoms with Crippen molar-refractivity contribution in [3.63, 3.8) is 0 Å². The second-order valence-corrected chi connectivity index (χ2v) is 3.07. The number of hydrogen-bond acceptors (Lipinski definition) is 3. The Morgan fingerprint density at radius 3 is 2.87 bits per heavy atom. The fourth-order valence-electron chi connectivity index (χ4n) is 1.05. The molecule has 0 aromatic heterocycles. The lowest BCUT2D eigenvalue weighted by Gasteiger charge is -2.05. The molecular weight excluding hydrogens is 199 g/mol. The molecule has 0 spiro atoms. The molecule has 0 bridgehead atoms. The Hall–Kier alpha value is -1.62. The average molecular weight is 212 g/mol. The van der Waals surface area contributed by atoms with Crippen LogP contribution in [0.15, 0.2) is 18.2 Å². The Balaban J connectivity index is 2.57. The van der Waals surface area contributed by atoms with Crippen molar-refractivity contribution in [1.82, 2.24) is 5.32 Å². The number of amides is 1. The number of carbonyl (C=O) groups is 1. The van der Waals surface area contributed by atoms with E-state index in [0.29, 0.717) is 18.7 Å². The highest BCUT2D eigenvalue weighted by atomic mass is 19.1.